The number of aryl methyl sites for hydroxylation is 1. The first-order valence-electron chi connectivity index (χ1n) is 8.66. The zero-order valence-corrected chi connectivity index (χ0v) is 14.9. The van der Waals surface area contributed by atoms with Crippen molar-refractivity contribution in [3.05, 3.63) is 29.3 Å². The Hall–Kier alpha value is -1.55. The topological polar surface area (TPSA) is 41.6 Å². The van der Waals surface area contributed by atoms with Crippen LogP contribution in [0, 0.1) is 0 Å². The average molecular weight is 318 g/mol. The lowest BCUT2D eigenvalue weighted by molar-refractivity contribution is -0.131. The van der Waals surface area contributed by atoms with Crippen LogP contribution in [-0.2, 0) is 16.6 Å². The predicted octanol–water partition coefficient (Wildman–Crippen LogP) is 2.75. The summed E-state index contributed by atoms with van der Waals surface area (Å²) in [6.07, 6.45) is 1.37. The lowest BCUT2D eigenvalue weighted by Crippen LogP contribution is -2.46. The van der Waals surface area contributed by atoms with Gasteiger partial charge in [0, 0.05) is 32.6 Å². The first-order valence-corrected chi connectivity index (χ1v) is 8.66. The standard InChI is InChI=1S/C19H30N2O2/c1-5-23-17-8-6-15(14-16(17)19(2,3)4)7-9-18(22)21-12-10-20-11-13-21/h6,8,14,20H,5,7,9-13H2,1-4H3. The number of nitrogens with one attached hydrogen (secondary N) is 1. The molecule has 0 unspecified atom stereocenters. The molecular formula is C19H30N2O2. The Morgan fingerprint density at radius 3 is 2.57 bits per heavy atom. The monoisotopic (exact) mass is 318 g/mol. The Labute approximate surface area is 140 Å². The second-order valence-corrected chi connectivity index (χ2v) is 7.14. The van der Waals surface area contributed by atoms with Crippen molar-refractivity contribution in [1.82, 2.24) is 10.2 Å². The molecule has 0 bridgehead atoms. The lowest BCUT2D eigenvalue weighted by Gasteiger charge is -2.27. The van der Waals surface area contributed by atoms with Gasteiger partial charge in [0.25, 0.3) is 0 Å². The van der Waals surface area contributed by atoms with E-state index in [1.807, 2.05) is 11.8 Å². The molecule has 23 heavy (non-hydrogen) atoms. The molecule has 1 saturated heterocycles. The van der Waals surface area contributed by atoms with Crippen LogP contribution in [0.5, 0.6) is 5.75 Å². The summed E-state index contributed by atoms with van der Waals surface area (Å²) in [4.78, 5) is 14.3. The van der Waals surface area contributed by atoms with Crippen LogP contribution >= 0.6 is 0 Å². The maximum absolute atomic E-state index is 12.3. The number of amides is 1. The summed E-state index contributed by atoms with van der Waals surface area (Å²) < 4.78 is 5.76. The molecule has 0 atom stereocenters. The third-order valence-electron chi connectivity index (χ3n) is 4.25. The fourth-order valence-corrected chi connectivity index (χ4v) is 2.92. The van der Waals surface area contributed by atoms with E-state index in [0.29, 0.717) is 13.0 Å². The van der Waals surface area contributed by atoms with Gasteiger partial charge in [-0.1, -0.05) is 32.9 Å². The number of piperazine rings is 1. The van der Waals surface area contributed by atoms with E-state index < -0.39 is 0 Å². The lowest BCUT2D eigenvalue weighted by atomic mass is 9.85. The highest BCUT2D eigenvalue weighted by Crippen LogP contribution is 2.32. The van der Waals surface area contributed by atoms with Crippen molar-refractivity contribution in [3.63, 3.8) is 0 Å². The molecule has 1 aromatic carbocycles. The SMILES string of the molecule is CCOc1ccc(CCC(=O)N2CCNCC2)cc1C(C)(C)C. The van der Waals surface area contributed by atoms with Crippen LogP contribution in [0.4, 0.5) is 0 Å². The third kappa shape index (κ3) is 4.96. The summed E-state index contributed by atoms with van der Waals surface area (Å²) in [7, 11) is 0. The van der Waals surface area contributed by atoms with E-state index in [4.69, 9.17) is 4.74 Å². The molecule has 4 heteroatoms. The first kappa shape index (κ1) is 17.8. The van der Waals surface area contributed by atoms with Gasteiger partial charge < -0.3 is 15.0 Å². The van der Waals surface area contributed by atoms with Gasteiger partial charge >= 0.3 is 0 Å². The van der Waals surface area contributed by atoms with E-state index >= 15 is 0 Å². The Kier molecular flexibility index (Phi) is 6.05. The Bertz CT molecular complexity index is 529. The average Bonchev–Trinajstić information content (AvgIpc) is 2.53. The van der Waals surface area contributed by atoms with Gasteiger partial charge in [0.05, 0.1) is 6.61 Å². The van der Waals surface area contributed by atoms with Gasteiger partial charge in [-0.15, -0.1) is 0 Å². The van der Waals surface area contributed by atoms with Gasteiger partial charge in [0.15, 0.2) is 0 Å². The highest BCUT2D eigenvalue weighted by atomic mass is 16.5. The molecular weight excluding hydrogens is 288 g/mol. The molecule has 1 aliphatic heterocycles. The van der Waals surface area contributed by atoms with E-state index in [1.54, 1.807) is 0 Å². The molecule has 1 heterocycles. The smallest absolute Gasteiger partial charge is 0.222 e. The number of hydrogen-bond acceptors (Lipinski definition) is 3. The molecule has 1 N–H and O–H groups in total. The Morgan fingerprint density at radius 1 is 1.26 bits per heavy atom. The summed E-state index contributed by atoms with van der Waals surface area (Å²) in [5.74, 6) is 1.22. The van der Waals surface area contributed by atoms with Crippen LogP contribution < -0.4 is 10.1 Å². The molecule has 1 aliphatic rings. The Balaban J connectivity index is 2.03. The van der Waals surface area contributed by atoms with Crippen molar-refractivity contribution in [3.8, 4) is 5.75 Å². The fraction of sp³-hybridized carbons (Fsp3) is 0.632. The number of ether oxygens (including phenoxy) is 1. The van der Waals surface area contributed by atoms with E-state index in [0.717, 1.165) is 38.3 Å². The van der Waals surface area contributed by atoms with Crippen molar-refractivity contribution in [2.24, 2.45) is 0 Å². The van der Waals surface area contributed by atoms with Crippen LogP contribution in [0.3, 0.4) is 0 Å². The molecule has 1 fully saturated rings. The van der Waals surface area contributed by atoms with Crippen LogP contribution in [0.1, 0.15) is 45.2 Å². The minimum absolute atomic E-state index is 0.0308. The van der Waals surface area contributed by atoms with Crippen molar-refractivity contribution < 1.29 is 9.53 Å². The van der Waals surface area contributed by atoms with Crippen molar-refractivity contribution in [1.29, 1.82) is 0 Å². The first-order chi connectivity index (χ1) is 10.9. The van der Waals surface area contributed by atoms with Gasteiger partial charge in [-0.05, 0) is 36.0 Å². The van der Waals surface area contributed by atoms with Gasteiger partial charge in [-0.25, -0.2) is 0 Å². The van der Waals surface area contributed by atoms with E-state index in [9.17, 15) is 4.79 Å². The third-order valence-corrected chi connectivity index (χ3v) is 4.25. The number of carbonyl (C=O) groups is 1. The molecule has 4 nitrogen and oxygen atoms in total. The summed E-state index contributed by atoms with van der Waals surface area (Å²) in [5, 5.41) is 3.28. The summed E-state index contributed by atoms with van der Waals surface area (Å²) in [5.41, 5.74) is 2.46. The van der Waals surface area contributed by atoms with Gasteiger partial charge in [-0.2, -0.15) is 0 Å². The molecule has 1 aromatic rings. The molecule has 128 valence electrons. The second-order valence-electron chi connectivity index (χ2n) is 7.14. The number of nitrogens with zero attached hydrogens (tertiary/aromatic N) is 1. The number of rotatable bonds is 5. The largest absolute Gasteiger partial charge is 0.494 e. The maximum Gasteiger partial charge on any atom is 0.222 e. The molecule has 1 amide bonds. The highest BCUT2D eigenvalue weighted by Gasteiger charge is 2.20. The predicted molar refractivity (Wildman–Crippen MR) is 94.1 cm³/mol. The Morgan fingerprint density at radius 2 is 1.96 bits per heavy atom. The summed E-state index contributed by atoms with van der Waals surface area (Å²) >= 11 is 0. The molecule has 0 saturated carbocycles. The zero-order chi connectivity index (χ0) is 16.9. The maximum atomic E-state index is 12.3. The van der Waals surface area contributed by atoms with Crippen LogP contribution in [0.2, 0.25) is 0 Å². The highest BCUT2D eigenvalue weighted by molar-refractivity contribution is 5.76. The van der Waals surface area contributed by atoms with Gasteiger partial charge in [0.1, 0.15) is 5.75 Å². The van der Waals surface area contributed by atoms with Crippen molar-refractivity contribution in [2.45, 2.75) is 46.0 Å². The molecule has 2 rings (SSSR count). The fourth-order valence-electron chi connectivity index (χ4n) is 2.92. The molecule has 0 radical (unpaired) electrons. The summed E-state index contributed by atoms with van der Waals surface area (Å²) in [6, 6.07) is 6.34. The normalized spacial score (nSPS) is 15.6. The minimum atomic E-state index is 0.0308. The van der Waals surface area contributed by atoms with E-state index in [1.165, 1.54) is 11.1 Å². The van der Waals surface area contributed by atoms with E-state index in [-0.39, 0.29) is 11.3 Å². The van der Waals surface area contributed by atoms with Crippen molar-refractivity contribution in [2.75, 3.05) is 32.8 Å². The quantitative estimate of drug-likeness (QED) is 0.907. The zero-order valence-electron chi connectivity index (χ0n) is 14.9. The number of hydrogen-bond donors (Lipinski definition) is 1. The minimum Gasteiger partial charge on any atom is -0.494 e. The second kappa shape index (κ2) is 7.82. The molecule has 0 spiro atoms. The van der Waals surface area contributed by atoms with Crippen LogP contribution in [0.15, 0.2) is 18.2 Å². The summed E-state index contributed by atoms with van der Waals surface area (Å²) in [6.45, 7) is 12.7. The van der Waals surface area contributed by atoms with Gasteiger partial charge in [0.2, 0.25) is 5.91 Å². The van der Waals surface area contributed by atoms with Crippen LogP contribution in [0.25, 0.3) is 0 Å². The molecule has 0 aliphatic carbocycles. The molecule has 0 aromatic heterocycles. The van der Waals surface area contributed by atoms with Gasteiger partial charge in [-0.3, -0.25) is 4.79 Å². The van der Waals surface area contributed by atoms with Crippen LogP contribution in [-0.4, -0.2) is 43.6 Å². The van der Waals surface area contributed by atoms with Crippen molar-refractivity contribution >= 4 is 5.91 Å². The number of carbonyl (C=O) groups excluding carboxylic acids is 1. The van der Waals surface area contributed by atoms with E-state index in [2.05, 4.69) is 44.3 Å². The number of benzene rings is 1.